The van der Waals surface area contributed by atoms with Gasteiger partial charge in [-0.1, -0.05) is 12.1 Å². The van der Waals surface area contributed by atoms with Crippen LogP contribution in [0, 0.1) is 12.7 Å². The first-order valence-corrected chi connectivity index (χ1v) is 7.28. The van der Waals surface area contributed by atoms with Crippen molar-refractivity contribution in [3.63, 3.8) is 0 Å². The summed E-state index contributed by atoms with van der Waals surface area (Å²) in [4.78, 5) is 2.02. The highest BCUT2D eigenvalue weighted by Crippen LogP contribution is 2.25. The molecule has 0 N–H and O–H groups in total. The second kappa shape index (κ2) is 6.29. The van der Waals surface area contributed by atoms with E-state index in [1.54, 1.807) is 23.7 Å². The summed E-state index contributed by atoms with van der Waals surface area (Å²) in [5, 5.41) is 12.2. The van der Waals surface area contributed by atoms with Crippen LogP contribution in [-0.4, -0.2) is 31.9 Å². The molecule has 0 spiro atoms. The van der Waals surface area contributed by atoms with Gasteiger partial charge < -0.3 is 4.42 Å². The summed E-state index contributed by atoms with van der Waals surface area (Å²) in [7, 11) is 3.77. The van der Waals surface area contributed by atoms with E-state index in [4.69, 9.17) is 4.42 Å². The minimum absolute atomic E-state index is 0.275. The average molecular weight is 315 g/mol. The number of hydrogen-bond acceptors (Lipinski definition) is 5. The zero-order valence-electron chi connectivity index (χ0n) is 13.3. The Morgan fingerprint density at radius 1 is 1.22 bits per heavy atom. The van der Waals surface area contributed by atoms with Gasteiger partial charge in [0.1, 0.15) is 5.82 Å². The van der Waals surface area contributed by atoms with Crippen LogP contribution in [0.15, 0.2) is 34.9 Å². The fourth-order valence-corrected chi connectivity index (χ4v) is 2.51. The van der Waals surface area contributed by atoms with Gasteiger partial charge in [-0.15, -0.1) is 10.2 Å². The molecule has 0 amide bonds. The average Bonchev–Trinajstić information content (AvgIpc) is 3.05. The van der Waals surface area contributed by atoms with Crippen LogP contribution >= 0.6 is 0 Å². The molecule has 0 fully saturated rings. The second-order valence-corrected chi connectivity index (χ2v) is 5.54. The number of halogens is 1. The molecule has 0 aliphatic heterocycles. The standard InChI is InChI=1S/C16H18FN5O/c1-11-18-19-15(23-11)10-21(2)8-12-9-22(3)20-16(12)13-6-4-5-7-14(13)17/h4-7,9H,8,10H2,1-3H3. The van der Waals surface area contributed by atoms with E-state index in [9.17, 15) is 4.39 Å². The molecule has 0 saturated heterocycles. The molecule has 3 aromatic rings. The fraction of sp³-hybridized carbons (Fsp3) is 0.312. The van der Waals surface area contributed by atoms with Crippen LogP contribution in [-0.2, 0) is 20.1 Å². The van der Waals surface area contributed by atoms with Gasteiger partial charge in [-0.25, -0.2) is 4.39 Å². The van der Waals surface area contributed by atoms with E-state index in [-0.39, 0.29) is 5.82 Å². The molecule has 0 unspecified atom stereocenters. The van der Waals surface area contributed by atoms with Crippen LogP contribution in [0.1, 0.15) is 17.3 Å². The minimum Gasteiger partial charge on any atom is -0.424 e. The zero-order valence-corrected chi connectivity index (χ0v) is 13.3. The summed E-state index contributed by atoms with van der Waals surface area (Å²) >= 11 is 0. The van der Waals surface area contributed by atoms with Gasteiger partial charge in [-0.05, 0) is 19.2 Å². The van der Waals surface area contributed by atoms with Crippen molar-refractivity contribution in [1.29, 1.82) is 0 Å². The van der Waals surface area contributed by atoms with Crippen molar-refractivity contribution in [1.82, 2.24) is 24.9 Å². The van der Waals surface area contributed by atoms with Gasteiger partial charge in [0, 0.05) is 37.8 Å². The maximum absolute atomic E-state index is 14.1. The number of rotatable bonds is 5. The van der Waals surface area contributed by atoms with Crippen LogP contribution in [0.5, 0.6) is 0 Å². The third-order valence-corrected chi connectivity index (χ3v) is 3.45. The Morgan fingerprint density at radius 2 is 2.00 bits per heavy atom. The molecule has 23 heavy (non-hydrogen) atoms. The Labute approximate surface area is 133 Å². The van der Waals surface area contributed by atoms with Crippen molar-refractivity contribution in [2.45, 2.75) is 20.0 Å². The van der Waals surface area contributed by atoms with Crippen LogP contribution in [0.2, 0.25) is 0 Å². The van der Waals surface area contributed by atoms with E-state index in [1.807, 2.05) is 31.3 Å². The van der Waals surface area contributed by atoms with Gasteiger partial charge in [-0.2, -0.15) is 5.10 Å². The molecule has 0 atom stereocenters. The molecule has 120 valence electrons. The van der Waals surface area contributed by atoms with Crippen LogP contribution in [0.25, 0.3) is 11.3 Å². The Morgan fingerprint density at radius 3 is 2.70 bits per heavy atom. The summed E-state index contributed by atoms with van der Waals surface area (Å²) in [6, 6.07) is 6.66. The van der Waals surface area contributed by atoms with Gasteiger partial charge in [0.2, 0.25) is 11.8 Å². The van der Waals surface area contributed by atoms with E-state index in [1.165, 1.54) is 6.07 Å². The Balaban J connectivity index is 1.82. The number of aryl methyl sites for hydroxylation is 2. The summed E-state index contributed by atoms with van der Waals surface area (Å²) in [5.41, 5.74) is 2.10. The lowest BCUT2D eigenvalue weighted by Crippen LogP contribution is -2.17. The maximum Gasteiger partial charge on any atom is 0.230 e. The van der Waals surface area contributed by atoms with Gasteiger partial charge in [0.15, 0.2) is 0 Å². The van der Waals surface area contributed by atoms with Crippen molar-refractivity contribution in [3.05, 3.63) is 53.6 Å². The SMILES string of the molecule is Cc1nnc(CN(C)Cc2cn(C)nc2-c2ccccc2F)o1. The lowest BCUT2D eigenvalue weighted by molar-refractivity contribution is 0.279. The second-order valence-electron chi connectivity index (χ2n) is 5.54. The van der Waals surface area contributed by atoms with Gasteiger partial charge in [0.05, 0.1) is 12.2 Å². The molecular formula is C16H18FN5O. The maximum atomic E-state index is 14.1. The highest BCUT2D eigenvalue weighted by atomic mass is 19.1. The number of aromatic nitrogens is 4. The van der Waals surface area contributed by atoms with E-state index < -0.39 is 0 Å². The topological polar surface area (TPSA) is 60.0 Å². The lowest BCUT2D eigenvalue weighted by Gasteiger charge is -2.14. The third kappa shape index (κ3) is 3.45. The van der Waals surface area contributed by atoms with Crippen molar-refractivity contribution in [3.8, 4) is 11.3 Å². The van der Waals surface area contributed by atoms with Gasteiger partial charge in [-0.3, -0.25) is 9.58 Å². The predicted octanol–water partition coefficient (Wildman–Crippen LogP) is 2.55. The molecule has 3 rings (SSSR count). The number of hydrogen-bond donors (Lipinski definition) is 0. The first-order chi connectivity index (χ1) is 11.0. The zero-order chi connectivity index (χ0) is 16.4. The van der Waals surface area contributed by atoms with Crippen LogP contribution in [0.4, 0.5) is 4.39 Å². The van der Waals surface area contributed by atoms with E-state index in [2.05, 4.69) is 15.3 Å². The molecule has 0 aliphatic rings. The summed E-state index contributed by atoms with van der Waals surface area (Å²) < 4.78 is 21.1. The summed E-state index contributed by atoms with van der Waals surface area (Å²) in [6.07, 6.45) is 1.90. The van der Waals surface area contributed by atoms with E-state index in [0.717, 1.165) is 5.56 Å². The number of nitrogens with zero attached hydrogens (tertiary/aromatic N) is 5. The first-order valence-electron chi connectivity index (χ1n) is 7.28. The largest absolute Gasteiger partial charge is 0.424 e. The normalized spacial score (nSPS) is 11.3. The highest BCUT2D eigenvalue weighted by molar-refractivity contribution is 5.63. The highest BCUT2D eigenvalue weighted by Gasteiger charge is 2.16. The molecule has 0 saturated carbocycles. The molecule has 6 nitrogen and oxygen atoms in total. The van der Waals surface area contributed by atoms with E-state index >= 15 is 0 Å². The van der Waals surface area contributed by atoms with Crippen LogP contribution in [0.3, 0.4) is 0 Å². The monoisotopic (exact) mass is 315 g/mol. The Bertz CT molecular complexity index is 810. The van der Waals surface area contributed by atoms with Gasteiger partial charge in [0.25, 0.3) is 0 Å². The fourth-order valence-electron chi connectivity index (χ4n) is 2.51. The Kier molecular flexibility index (Phi) is 4.20. The van der Waals surface area contributed by atoms with Gasteiger partial charge >= 0.3 is 0 Å². The third-order valence-electron chi connectivity index (χ3n) is 3.45. The van der Waals surface area contributed by atoms with Crippen molar-refractivity contribution in [2.24, 2.45) is 7.05 Å². The Hall–Kier alpha value is -2.54. The van der Waals surface area contributed by atoms with Crippen molar-refractivity contribution in [2.75, 3.05) is 7.05 Å². The molecular weight excluding hydrogens is 297 g/mol. The molecule has 0 aliphatic carbocycles. The summed E-state index contributed by atoms with van der Waals surface area (Å²) in [6.45, 7) is 2.87. The quantitative estimate of drug-likeness (QED) is 0.724. The van der Waals surface area contributed by atoms with E-state index in [0.29, 0.717) is 36.1 Å². The summed E-state index contributed by atoms with van der Waals surface area (Å²) in [5.74, 6) is 0.825. The molecule has 0 radical (unpaired) electrons. The molecule has 2 heterocycles. The minimum atomic E-state index is -0.275. The van der Waals surface area contributed by atoms with Crippen LogP contribution < -0.4 is 0 Å². The first kappa shape index (κ1) is 15.4. The molecule has 2 aromatic heterocycles. The number of benzene rings is 1. The molecule has 1 aromatic carbocycles. The smallest absolute Gasteiger partial charge is 0.230 e. The molecule has 7 heteroatoms. The van der Waals surface area contributed by atoms with Crippen molar-refractivity contribution < 1.29 is 8.81 Å². The molecule has 0 bridgehead atoms. The predicted molar refractivity (Wildman–Crippen MR) is 82.8 cm³/mol. The van der Waals surface area contributed by atoms with Crippen molar-refractivity contribution >= 4 is 0 Å². The lowest BCUT2D eigenvalue weighted by atomic mass is 10.1.